The van der Waals surface area contributed by atoms with E-state index in [9.17, 15) is 43.2 Å². The van der Waals surface area contributed by atoms with Crippen LogP contribution in [0.15, 0.2) is 42.9 Å². The van der Waals surface area contributed by atoms with Gasteiger partial charge in [-0.2, -0.15) is 0 Å². The van der Waals surface area contributed by atoms with Crippen molar-refractivity contribution < 1.29 is 43.2 Å². The molecule has 0 aliphatic carbocycles. The highest BCUT2D eigenvalue weighted by Crippen LogP contribution is 2.09. The molecule has 1 aliphatic rings. The number of amides is 9. The van der Waals surface area contributed by atoms with Crippen LogP contribution >= 0.6 is 0 Å². The number of benzene rings is 1. The van der Waals surface area contributed by atoms with Crippen LogP contribution in [0.3, 0.4) is 0 Å². The molecule has 2 aromatic rings. The number of nitrogens with two attached hydrogens (primary N) is 2. The Morgan fingerprint density at radius 3 is 2.18 bits per heavy atom. The first-order valence-electron chi connectivity index (χ1n) is 20.5. The Bertz CT molecular complexity index is 1790. The van der Waals surface area contributed by atoms with Crippen molar-refractivity contribution in [1.29, 1.82) is 0 Å². The zero-order chi connectivity index (χ0) is 44.7. The highest BCUT2D eigenvalue weighted by atomic mass is 16.2. The molecule has 1 saturated heterocycles. The van der Waals surface area contributed by atoms with E-state index in [0.29, 0.717) is 43.5 Å². The van der Waals surface area contributed by atoms with Gasteiger partial charge in [-0.15, -0.1) is 0 Å². The zero-order valence-corrected chi connectivity index (χ0v) is 34.7. The SMILES string of the molecule is CCCC[C@H](NC(C)=O)C(=O)NC1CCC(=O)NCCC(C(=O)N[C@@H](CCCCN)C(N)=O)NC(=O)CNC(=O)C(Cc2ccccc2)NC(=O)[C@H](Cc2c[nH]cn2)NC1=O. The lowest BCUT2D eigenvalue weighted by Gasteiger charge is -2.26. The molecule has 0 saturated carbocycles. The van der Waals surface area contributed by atoms with Crippen molar-refractivity contribution >= 4 is 53.2 Å². The zero-order valence-electron chi connectivity index (χ0n) is 34.7. The minimum Gasteiger partial charge on any atom is -0.368 e. The van der Waals surface area contributed by atoms with E-state index in [1.165, 1.54) is 19.4 Å². The van der Waals surface area contributed by atoms with E-state index >= 15 is 0 Å². The van der Waals surface area contributed by atoms with Crippen LogP contribution in [0.4, 0.5) is 0 Å². The second-order valence-electron chi connectivity index (χ2n) is 14.8. The number of unbranched alkanes of at least 4 members (excludes halogenated alkanes) is 2. The molecular formula is C40H60N12O9. The molecule has 3 rings (SSSR count). The van der Waals surface area contributed by atoms with Crippen LogP contribution in [0, 0.1) is 0 Å². The molecule has 0 bridgehead atoms. The third-order valence-electron chi connectivity index (χ3n) is 9.79. The Kier molecular flexibility index (Phi) is 20.8. The van der Waals surface area contributed by atoms with Crippen LogP contribution in [0.5, 0.6) is 0 Å². The number of primary amides is 1. The summed E-state index contributed by atoms with van der Waals surface area (Å²) in [6.45, 7) is 2.74. The summed E-state index contributed by atoms with van der Waals surface area (Å²) in [7, 11) is 0. The van der Waals surface area contributed by atoms with Crippen LogP contribution in [-0.4, -0.2) is 119 Å². The van der Waals surface area contributed by atoms with E-state index in [0.717, 1.165) is 0 Å². The number of rotatable bonds is 17. The Morgan fingerprint density at radius 1 is 0.820 bits per heavy atom. The average molecular weight is 853 g/mol. The summed E-state index contributed by atoms with van der Waals surface area (Å²) in [6, 6.07) is 1.32. The van der Waals surface area contributed by atoms with Gasteiger partial charge in [-0.05, 0) is 50.6 Å². The van der Waals surface area contributed by atoms with E-state index in [1.807, 2.05) is 6.92 Å². The molecule has 1 fully saturated rings. The molecular weight excluding hydrogens is 793 g/mol. The van der Waals surface area contributed by atoms with Gasteiger partial charge in [-0.25, -0.2) is 4.98 Å². The van der Waals surface area contributed by atoms with Crippen molar-refractivity contribution in [2.45, 2.75) is 121 Å². The van der Waals surface area contributed by atoms with E-state index in [4.69, 9.17) is 11.5 Å². The molecule has 61 heavy (non-hydrogen) atoms. The smallest absolute Gasteiger partial charge is 0.243 e. The summed E-state index contributed by atoms with van der Waals surface area (Å²) >= 11 is 0. The normalized spacial score (nSPS) is 20.7. The van der Waals surface area contributed by atoms with Gasteiger partial charge < -0.3 is 59.0 Å². The lowest BCUT2D eigenvalue weighted by molar-refractivity contribution is -0.135. The third-order valence-corrected chi connectivity index (χ3v) is 9.79. The Labute approximate surface area is 354 Å². The van der Waals surface area contributed by atoms with Crippen molar-refractivity contribution in [2.75, 3.05) is 19.6 Å². The van der Waals surface area contributed by atoms with Crippen LogP contribution in [-0.2, 0) is 56.0 Å². The quantitative estimate of drug-likeness (QED) is 0.0730. The predicted octanol–water partition coefficient (Wildman–Crippen LogP) is -2.66. The fourth-order valence-electron chi connectivity index (χ4n) is 6.46. The number of H-pyrrole nitrogens is 1. The number of aromatic nitrogens is 2. The number of hydrogen-bond donors (Lipinski definition) is 11. The Hall–Kier alpha value is -6.38. The van der Waals surface area contributed by atoms with Gasteiger partial charge in [0.2, 0.25) is 53.2 Å². The van der Waals surface area contributed by atoms with Crippen LogP contribution in [0.25, 0.3) is 0 Å². The first-order chi connectivity index (χ1) is 29.2. The highest BCUT2D eigenvalue weighted by molar-refractivity contribution is 5.97. The van der Waals surface area contributed by atoms with E-state index in [-0.39, 0.29) is 51.5 Å². The number of nitrogens with zero attached hydrogens (tertiary/aromatic N) is 1. The molecule has 1 aliphatic heterocycles. The number of imidazole rings is 1. The minimum absolute atomic E-state index is 0.0262. The molecule has 9 amide bonds. The molecule has 1 aromatic carbocycles. The van der Waals surface area contributed by atoms with Crippen molar-refractivity contribution in [3.8, 4) is 0 Å². The maximum Gasteiger partial charge on any atom is 0.243 e. The molecule has 6 atom stereocenters. The van der Waals surface area contributed by atoms with Crippen molar-refractivity contribution in [3.63, 3.8) is 0 Å². The summed E-state index contributed by atoms with van der Waals surface area (Å²) in [5.41, 5.74) is 12.1. The fraction of sp³-hybridized carbons (Fsp3) is 0.550. The van der Waals surface area contributed by atoms with Gasteiger partial charge in [-0.1, -0.05) is 50.1 Å². The van der Waals surface area contributed by atoms with Gasteiger partial charge in [-0.3, -0.25) is 43.2 Å². The molecule has 1 aromatic heterocycles. The van der Waals surface area contributed by atoms with E-state index < -0.39 is 96.0 Å². The molecule has 334 valence electrons. The number of aromatic amines is 1. The topological polar surface area (TPSA) is 331 Å². The van der Waals surface area contributed by atoms with E-state index in [1.54, 1.807) is 30.3 Å². The molecule has 0 radical (unpaired) electrons. The van der Waals surface area contributed by atoms with Gasteiger partial charge in [0.1, 0.15) is 36.3 Å². The van der Waals surface area contributed by atoms with Gasteiger partial charge in [0.15, 0.2) is 0 Å². The maximum absolute atomic E-state index is 14.1. The molecule has 3 unspecified atom stereocenters. The van der Waals surface area contributed by atoms with Gasteiger partial charge in [0, 0.05) is 38.9 Å². The van der Waals surface area contributed by atoms with Crippen molar-refractivity contribution in [1.82, 2.24) is 52.5 Å². The minimum atomic E-state index is -1.39. The maximum atomic E-state index is 14.1. The lowest BCUT2D eigenvalue weighted by Crippen LogP contribution is -2.59. The van der Waals surface area contributed by atoms with Crippen molar-refractivity contribution in [3.05, 3.63) is 54.1 Å². The summed E-state index contributed by atoms with van der Waals surface area (Å²) in [4.78, 5) is 127. The summed E-state index contributed by atoms with van der Waals surface area (Å²) in [6.07, 6.45) is 4.79. The predicted molar refractivity (Wildman–Crippen MR) is 221 cm³/mol. The molecule has 2 heterocycles. The Morgan fingerprint density at radius 2 is 1.52 bits per heavy atom. The highest BCUT2D eigenvalue weighted by Gasteiger charge is 2.33. The first kappa shape index (κ1) is 49.0. The summed E-state index contributed by atoms with van der Waals surface area (Å²) < 4.78 is 0. The summed E-state index contributed by atoms with van der Waals surface area (Å²) in [5, 5.41) is 20.8. The second-order valence-corrected chi connectivity index (χ2v) is 14.8. The third kappa shape index (κ3) is 17.8. The first-order valence-corrected chi connectivity index (χ1v) is 20.5. The molecule has 13 N–H and O–H groups in total. The van der Waals surface area contributed by atoms with Gasteiger partial charge in [0.05, 0.1) is 18.6 Å². The van der Waals surface area contributed by atoms with Crippen LogP contribution in [0.1, 0.15) is 82.9 Å². The standard InChI is InChI=1S/C40H60N12O9/c1-3-4-12-28(47-24(2)53)37(58)50-29-14-15-33(54)44-18-16-30(39(60)49-27(35(42)56)13-8-9-17-41)48-34(55)22-45-36(57)31(19-25-10-6-5-7-11-25)51-40(61)32(52-38(29)59)20-26-21-43-23-46-26/h5-7,10-11,21,23,27-32H,3-4,8-9,12-20,22,41H2,1-2H3,(H2,42,56)(H,43,46)(H,44,54)(H,45,57)(H,47,53)(H,48,55)(H,49,60)(H,50,58)(H,51,61)(H,52,59)/t27-,28-,29?,30?,31?,32-/m0/s1. The number of nitrogens with one attached hydrogen (secondary N) is 9. The fourth-order valence-corrected chi connectivity index (χ4v) is 6.46. The second kappa shape index (κ2) is 26.0. The molecule has 21 nitrogen and oxygen atoms in total. The number of hydrogen-bond acceptors (Lipinski definition) is 11. The van der Waals surface area contributed by atoms with Gasteiger partial charge >= 0.3 is 0 Å². The van der Waals surface area contributed by atoms with Crippen LogP contribution in [0.2, 0.25) is 0 Å². The molecule has 0 spiro atoms. The van der Waals surface area contributed by atoms with E-state index in [2.05, 4.69) is 52.5 Å². The lowest BCUT2D eigenvalue weighted by atomic mass is 10.0. The Balaban J connectivity index is 1.99. The van der Waals surface area contributed by atoms with Crippen LogP contribution < -0.4 is 54.0 Å². The van der Waals surface area contributed by atoms with Gasteiger partial charge in [0.25, 0.3) is 0 Å². The monoisotopic (exact) mass is 852 g/mol. The number of carbonyl (C=O) groups is 9. The summed E-state index contributed by atoms with van der Waals surface area (Å²) in [5.74, 6) is -6.50. The average Bonchev–Trinajstić information content (AvgIpc) is 3.74. The molecule has 21 heteroatoms. The largest absolute Gasteiger partial charge is 0.368 e. The number of carbonyl (C=O) groups excluding carboxylic acids is 9. The van der Waals surface area contributed by atoms with Crippen molar-refractivity contribution in [2.24, 2.45) is 11.5 Å².